The van der Waals surface area contributed by atoms with E-state index in [1.54, 1.807) is 27.8 Å². The standard InChI is InChI=1S/C23H38N4O2S2/c24-16-9-7-12-20-21(28)13-6-4-2-1-3-5-11-18-27(20)26-22(29)15-19-30-31-23-14-8-10-17-25-23/h8,10,14,17,20H,1-7,9,11-13,15-16,18-19,24H2,(H,26,29)/t20-/m0/s1. The number of unbranched alkanes of at least 4 members (excludes halogenated alkanes) is 1. The average molecular weight is 467 g/mol. The molecule has 1 aromatic heterocycles. The van der Waals surface area contributed by atoms with Gasteiger partial charge in [-0.2, -0.15) is 0 Å². The summed E-state index contributed by atoms with van der Waals surface area (Å²) in [5.74, 6) is 0.947. The van der Waals surface area contributed by atoms with Crippen LogP contribution < -0.4 is 11.2 Å². The molecule has 6 nitrogen and oxygen atoms in total. The first-order chi connectivity index (χ1) is 15.2. The number of rotatable bonds is 10. The number of pyridine rings is 1. The number of hydrogen-bond donors (Lipinski definition) is 2. The summed E-state index contributed by atoms with van der Waals surface area (Å²) >= 11 is 0. The fourth-order valence-corrected chi connectivity index (χ4v) is 5.61. The molecule has 1 aromatic rings. The Morgan fingerprint density at radius 3 is 2.65 bits per heavy atom. The average Bonchev–Trinajstić information content (AvgIpc) is 2.77. The zero-order valence-electron chi connectivity index (χ0n) is 18.6. The molecule has 3 N–H and O–H groups in total. The predicted molar refractivity (Wildman–Crippen MR) is 131 cm³/mol. The molecule has 2 heterocycles. The van der Waals surface area contributed by atoms with Crippen molar-refractivity contribution >= 4 is 33.3 Å². The van der Waals surface area contributed by atoms with Crippen LogP contribution in [-0.4, -0.2) is 46.6 Å². The molecule has 1 atom stereocenters. The van der Waals surface area contributed by atoms with Crippen molar-refractivity contribution in [2.45, 2.75) is 88.1 Å². The van der Waals surface area contributed by atoms with Crippen molar-refractivity contribution in [3.8, 4) is 0 Å². The number of nitrogens with zero attached hydrogens (tertiary/aromatic N) is 2. The first kappa shape index (κ1) is 26.2. The van der Waals surface area contributed by atoms with Crippen LogP contribution in [0, 0.1) is 0 Å². The van der Waals surface area contributed by atoms with E-state index in [-0.39, 0.29) is 17.7 Å². The Balaban J connectivity index is 1.89. The van der Waals surface area contributed by atoms with Crippen LogP contribution in [0.25, 0.3) is 0 Å². The fourth-order valence-electron chi connectivity index (χ4n) is 3.74. The molecule has 0 aliphatic carbocycles. The van der Waals surface area contributed by atoms with Crippen molar-refractivity contribution in [2.24, 2.45) is 5.73 Å². The van der Waals surface area contributed by atoms with E-state index in [1.807, 2.05) is 23.2 Å². The maximum atomic E-state index is 13.0. The molecule has 0 spiro atoms. The maximum absolute atomic E-state index is 13.0. The summed E-state index contributed by atoms with van der Waals surface area (Å²) in [6, 6.07) is 5.59. The molecule has 0 saturated carbocycles. The molecule has 2 rings (SSSR count). The molecule has 1 aliphatic heterocycles. The van der Waals surface area contributed by atoms with Crippen LogP contribution in [-0.2, 0) is 9.59 Å². The van der Waals surface area contributed by atoms with Crippen LogP contribution in [0.4, 0.5) is 0 Å². The zero-order valence-corrected chi connectivity index (χ0v) is 20.2. The Morgan fingerprint density at radius 2 is 1.90 bits per heavy atom. The molecule has 1 amide bonds. The topological polar surface area (TPSA) is 88.3 Å². The Kier molecular flexibility index (Phi) is 14.0. The van der Waals surface area contributed by atoms with E-state index in [4.69, 9.17) is 5.73 Å². The minimum atomic E-state index is -0.231. The number of Topliss-reactive ketones (excluding diaryl/α,β-unsaturated/α-hetero) is 1. The van der Waals surface area contributed by atoms with E-state index in [1.165, 1.54) is 19.3 Å². The fraction of sp³-hybridized carbons (Fsp3) is 0.696. The predicted octanol–water partition coefficient (Wildman–Crippen LogP) is 4.75. The third-order valence-corrected chi connectivity index (χ3v) is 7.73. The molecule has 0 bridgehead atoms. The third-order valence-electron chi connectivity index (χ3n) is 5.46. The maximum Gasteiger partial charge on any atom is 0.235 e. The van der Waals surface area contributed by atoms with Crippen molar-refractivity contribution in [3.05, 3.63) is 24.4 Å². The van der Waals surface area contributed by atoms with Gasteiger partial charge >= 0.3 is 0 Å². The van der Waals surface area contributed by atoms with Crippen molar-refractivity contribution in [3.63, 3.8) is 0 Å². The number of nitrogens with one attached hydrogen (secondary N) is 1. The summed E-state index contributed by atoms with van der Waals surface area (Å²) in [4.78, 5) is 29.9. The van der Waals surface area contributed by atoms with Crippen LogP contribution in [0.5, 0.6) is 0 Å². The molecule has 1 fully saturated rings. The minimum Gasteiger partial charge on any atom is -0.330 e. The van der Waals surface area contributed by atoms with E-state index in [9.17, 15) is 9.59 Å². The molecule has 8 heteroatoms. The number of hydrazine groups is 1. The minimum absolute atomic E-state index is 0.0159. The lowest BCUT2D eigenvalue weighted by Gasteiger charge is -2.31. The van der Waals surface area contributed by atoms with E-state index < -0.39 is 0 Å². The molecule has 0 unspecified atom stereocenters. The van der Waals surface area contributed by atoms with Crippen molar-refractivity contribution in [2.75, 3.05) is 18.8 Å². The Morgan fingerprint density at radius 1 is 1.13 bits per heavy atom. The van der Waals surface area contributed by atoms with Crippen molar-refractivity contribution < 1.29 is 9.59 Å². The van der Waals surface area contributed by atoms with Crippen LogP contribution in [0.1, 0.15) is 77.0 Å². The highest BCUT2D eigenvalue weighted by Crippen LogP contribution is 2.29. The van der Waals surface area contributed by atoms with Crippen molar-refractivity contribution in [1.82, 2.24) is 15.4 Å². The van der Waals surface area contributed by atoms with Gasteiger partial charge in [0.25, 0.3) is 0 Å². The first-order valence-corrected chi connectivity index (χ1v) is 14.0. The lowest BCUT2D eigenvalue weighted by molar-refractivity contribution is -0.132. The van der Waals surface area contributed by atoms with Crippen LogP contribution in [0.3, 0.4) is 0 Å². The molecule has 31 heavy (non-hydrogen) atoms. The summed E-state index contributed by atoms with van der Waals surface area (Å²) in [6.07, 6.45) is 13.3. The molecule has 1 saturated heterocycles. The number of nitrogens with two attached hydrogens (primary N) is 1. The number of ketones is 1. The van der Waals surface area contributed by atoms with Gasteiger partial charge in [0.2, 0.25) is 5.91 Å². The van der Waals surface area contributed by atoms with Crippen molar-refractivity contribution in [1.29, 1.82) is 0 Å². The molecule has 0 aromatic carbocycles. The second-order valence-electron chi connectivity index (χ2n) is 8.04. The van der Waals surface area contributed by atoms with Crippen LogP contribution in [0.2, 0.25) is 0 Å². The lowest BCUT2D eigenvalue weighted by atomic mass is 9.98. The normalized spacial score (nSPS) is 19.4. The van der Waals surface area contributed by atoms with Gasteiger partial charge in [-0.25, -0.2) is 9.99 Å². The SMILES string of the molecule is NCCCC[C@H]1C(=O)CCCCCCCCCN1NC(=O)CCSSc1ccccn1. The Hall–Kier alpha value is -1.09. The monoisotopic (exact) mass is 466 g/mol. The summed E-state index contributed by atoms with van der Waals surface area (Å²) in [6.45, 7) is 1.37. The van der Waals surface area contributed by atoms with Gasteiger partial charge in [-0.3, -0.25) is 15.0 Å². The van der Waals surface area contributed by atoms with Gasteiger partial charge in [-0.15, -0.1) is 0 Å². The summed E-state index contributed by atoms with van der Waals surface area (Å²) < 4.78 is 0. The number of amides is 1. The number of aromatic nitrogens is 1. The zero-order chi connectivity index (χ0) is 22.2. The molecule has 1 aliphatic rings. The smallest absolute Gasteiger partial charge is 0.235 e. The van der Waals surface area contributed by atoms with Gasteiger partial charge in [0, 0.05) is 31.3 Å². The van der Waals surface area contributed by atoms with Crippen LogP contribution in [0.15, 0.2) is 29.4 Å². The van der Waals surface area contributed by atoms with Crippen LogP contribution >= 0.6 is 21.6 Å². The van der Waals surface area contributed by atoms with E-state index in [0.717, 1.165) is 56.5 Å². The van der Waals surface area contributed by atoms with Gasteiger partial charge in [0.15, 0.2) is 5.78 Å². The number of hydrogen-bond acceptors (Lipinski definition) is 7. The van der Waals surface area contributed by atoms with Gasteiger partial charge in [0.05, 0.1) is 6.04 Å². The lowest BCUT2D eigenvalue weighted by Crippen LogP contribution is -2.52. The summed E-state index contributed by atoms with van der Waals surface area (Å²) in [7, 11) is 3.21. The van der Waals surface area contributed by atoms with E-state index in [0.29, 0.717) is 25.1 Å². The largest absolute Gasteiger partial charge is 0.330 e. The quantitative estimate of drug-likeness (QED) is 0.380. The molecule has 174 valence electrons. The number of carbonyl (C=O) groups excluding carboxylic acids is 2. The van der Waals surface area contributed by atoms with Gasteiger partial charge in [-0.1, -0.05) is 55.4 Å². The Bertz CT molecular complexity index is 633. The van der Waals surface area contributed by atoms with E-state index in [2.05, 4.69) is 10.4 Å². The van der Waals surface area contributed by atoms with Gasteiger partial charge < -0.3 is 5.73 Å². The molecular weight excluding hydrogens is 428 g/mol. The second kappa shape index (κ2) is 16.5. The number of carbonyl (C=O) groups is 2. The highest BCUT2D eigenvalue weighted by atomic mass is 33.1. The highest BCUT2D eigenvalue weighted by molar-refractivity contribution is 8.76. The summed E-state index contributed by atoms with van der Waals surface area (Å²) in [5, 5.41) is 2.89. The second-order valence-corrected chi connectivity index (χ2v) is 10.5. The molecule has 0 radical (unpaired) electrons. The molecular formula is C23H38N4O2S2. The van der Waals surface area contributed by atoms with E-state index >= 15 is 0 Å². The summed E-state index contributed by atoms with van der Waals surface area (Å²) in [5.41, 5.74) is 8.75. The van der Waals surface area contributed by atoms with Gasteiger partial charge in [-0.05, 0) is 55.2 Å². The first-order valence-electron chi connectivity index (χ1n) is 11.7. The Labute approximate surface area is 195 Å². The highest BCUT2D eigenvalue weighted by Gasteiger charge is 2.26. The van der Waals surface area contributed by atoms with Gasteiger partial charge in [0.1, 0.15) is 5.03 Å². The third kappa shape index (κ3) is 11.4.